The van der Waals surface area contributed by atoms with Gasteiger partial charge in [-0.05, 0) is 36.8 Å². The van der Waals surface area contributed by atoms with Crippen LogP contribution in [-0.4, -0.2) is 36.0 Å². The average Bonchev–Trinajstić information content (AvgIpc) is 3.01. The van der Waals surface area contributed by atoms with Crippen LogP contribution in [0, 0.1) is 5.92 Å². The van der Waals surface area contributed by atoms with Crippen molar-refractivity contribution in [3.05, 3.63) is 22.4 Å². The van der Waals surface area contributed by atoms with Gasteiger partial charge in [-0.2, -0.15) is 0 Å². The second-order valence-corrected chi connectivity index (χ2v) is 7.30. The summed E-state index contributed by atoms with van der Waals surface area (Å²) in [5.74, 6) is 0.236. The quantitative estimate of drug-likeness (QED) is 0.839. The van der Waals surface area contributed by atoms with Gasteiger partial charge in [-0.25, -0.2) is 4.79 Å². The first kappa shape index (κ1) is 17.9. The Kier molecular flexibility index (Phi) is 7.05. The second-order valence-electron chi connectivity index (χ2n) is 6.27. The highest BCUT2D eigenvalue weighted by Gasteiger charge is 2.23. The Hall–Kier alpha value is -1.40. The number of likely N-dealkylation sites (N-methyl/N-ethyl adjacent to an activating group) is 1. The fourth-order valence-corrected chi connectivity index (χ4v) is 3.75. The van der Waals surface area contributed by atoms with Crippen molar-refractivity contribution in [3.8, 4) is 0 Å². The molecule has 1 aromatic heterocycles. The van der Waals surface area contributed by atoms with Crippen LogP contribution in [0.2, 0.25) is 0 Å². The number of thiophene rings is 1. The molecule has 5 nitrogen and oxygen atoms in total. The summed E-state index contributed by atoms with van der Waals surface area (Å²) in [6.45, 7) is 5.92. The number of carbonyl (C=O) groups is 2. The fraction of sp³-hybridized carbons (Fsp3) is 0.647. The summed E-state index contributed by atoms with van der Waals surface area (Å²) in [7, 11) is 0. The standard InChI is InChI=1S/C17H27N3O2S/c1-3-20(11-14-8-6-10-23-14)12-16(21)19-17(22)18-15-9-5-4-7-13(15)2/h6,8,10,13,15H,3-5,7,9,11-12H2,1-2H3,(H2,18,19,21,22). The van der Waals surface area contributed by atoms with Crippen LogP contribution in [-0.2, 0) is 11.3 Å². The maximum absolute atomic E-state index is 12.1. The first-order chi connectivity index (χ1) is 11.1. The van der Waals surface area contributed by atoms with Crippen LogP contribution in [0.25, 0.3) is 0 Å². The maximum Gasteiger partial charge on any atom is 0.321 e. The number of urea groups is 1. The van der Waals surface area contributed by atoms with Crippen molar-refractivity contribution in [1.29, 1.82) is 0 Å². The van der Waals surface area contributed by atoms with Gasteiger partial charge in [0.2, 0.25) is 5.91 Å². The van der Waals surface area contributed by atoms with Crippen molar-refractivity contribution in [2.45, 2.75) is 52.1 Å². The molecule has 23 heavy (non-hydrogen) atoms. The molecule has 128 valence electrons. The molecule has 1 aliphatic carbocycles. The van der Waals surface area contributed by atoms with E-state index >= 15 is 0 Å². The van der Waals surface area contributed by atoms with Gasteiger partial charge >= 0.3 is 6.03 Å². The predicted molar refractivity (Wildman–Crippen MR) is 93.4 cm³/mol. The van der Waals surface area contributed by atoms with Gasteiger partial charge in [0.05, 0.1) is 6.54 Å². The highest BCUT2D eigenvalue weighted by Crippen LogP contribution is 2.23. The first-order valence-corrected chi connectivity index (χ1v) is 9.31. The molecular formula is C17H27N3O2S. The number of nitrogens with zero attached hydrogens (tertiary/aromatic N) is 1. The summed E-state index contributed by atoms with van der Waals surface area (Å²) < 4.78 is 0. The van der Waals surface area contributed by atoms with Gasteiger partial charge in [-0.3, -0.25) is 15.0 Å². The van der Waals surface area contributed by atoms with E-state index in [1.807, 2.05) is 23.3 Å². The third-order valence-corrected chi connectivity index (χ3v) is 5.32. The Labute approximate surface area is 142 Å². The number of hydrogen-bond acceptors (Lipinski definition) is 4. The van der Waals surface area contributed by atoms with Crippen molar-refractivity contribution >= 4 is 23.3 Å². The Morgan fingerprint density at radius 2 is 2.13 bits per heavy atom. The zero-order valence-electron chi connectivity index (χ0n) is 14.0. The minimum Gasteiger partial charge on any atom is -0.335 e. The molecule has 0 aliphatic heterocycles. The molecule has 0 saturated heterocycles. The van der Waals surface area contributed by atoms with Gasteiger partial charge in [0.1, 0.15) is 0 Å². The molecule has 2 unspecified atom stereocenters. The van der Waals surface area contributed by atoms with E-state index in [4.69, 9.17) is 0 Å². The molecule has 2 atom stereocenters. The SMILES string of the molecule is CCN(CC(=O)NC(=O)NC1CCCCC1C)Cc1cccs1. The molecular weight excluding hydrogens is 310 g/mol. The van der Waals surface area contributed by atoms with Crippen LogP contribution in [0.15, 0.2) is 17.5 Å². The van der Waals surface area contributed by atoms with Gasteiger partial charge < -0.3 is 5.32 Å². The molecule has 1 saturated carbocycles. The molecule has 0 radical (unpaired) electrons. The molecule has 0 aromatic carbocycles. The number of amides is 3. The monoisotopic (exact) mass is 337 g/mol. The Morgan fingerprint density at radius 1 is 1.35 bits per heavy atom. The molecule has 0 spiro atoms. The Balaban J connectivity index is 1.75. The lowest BCUT2D eigenvalue weighted by molar-refractivity contribution is -0.121. The topological polar surface area (TPSA) is 61.4 Å². The van der Waals surface area contributed by atoms with Crippen molar-refractivity contribution in [2.24, 2.45) is 5.92 Å². The van der Waals surface area contributed by atoms with E-state index in [-0.39, 0.29) is 24.5 Å². The lowest BCUT2D eigenvalue weighted by atomic mass is 9.86. The number of hydrogen-bond donors (Lipinski definition) is 2. The third-order valence-electron chi connectivity index (χ3n) is 4.45. The van der Waals surface area contributed by atoms with Gasteiger partial charge in [0.15, 0.2) is 0 Å². The largest absolute Gasteiger partial charge is 0.335 e. The lowest BCUT2D eigenvalue weighted by Crippen LogP contribution is -2.49. The van der Waals surface area contributed by atoms with Crippen LogP contribution in [0.1, 0.15) is 44.4 Å². The van der Waals surface area contributed by atoms with Crippen molar-refractivity contribution in [3.63, 3.8) is 0 Å². The van der Waals surface area contributed by atoms with E-state index < -0.39 is 0 Å². The minimum absolute atomic E-state index is 0.185. The van der Waals surface area contributed by atoms with Crippen LogP contribution < -0.4 is 10.6 Å². The van der Waals surface area contributed by atoms with E-state index in [0.29, 0.717) is 5.92 Å². The highest BCUT2D eigenvalue weighted by atomic mass is 32.1. The van der Waals surface area contributed by atoms with Gasteiger partial charge in [0, 0.05) is 17.5 Å². The van der Waals surface area contributed by atoms with Crippen LogP contribution in [0.4, 0.5) is 4.79 Å². The smallest absolute Gasteiger partial charge is 0.321 e. The van der Waals surface area contributed by atoms with Crippen LogP contribution in [0.5, 0.6) is 0 Å². The van der Waals surface area contributed by atoms with Crippen LogP contribution in [0.3, 0.4) is 0 Å². The summed E-state index contributed by atoms with van der Waals surface area (Å²) >= 11 is 1.68. The first-order valence-electron chi connectivity index (χ1n) is 8.43. The van der Waals surface area contributed by atoms with Crippen molar-refractivity contribution in [1.82, 2.24) is 15.5 Å². The number of imide groups is 1. The van der Waals surface area contributed by atoms with E-state index in [1.54, 1.807) is 11.3 Å². The van der Waals surface area contributed by atoms with Crippen molar-refractivity contribution in [2.75, 3.05) is 13.1 Å². The van der Waals surface area contributed by atoms with E-state index in [0.717, 1.165) is 32.4 Å². The molecule has 0 bridgehead atoms. The van der Waals surface area contributed by atoms with Gasteiger partial charge in [-0.1, -0.05) is 32.8 Å². The molecule has 1 heterocycles. The zero-order chi connectivity index (χ0) is 16.7. The zero-order valence-corrected chi connectivity index (χ0v) is 14.8. The van der Waals surface area contributed by atoms with Crippen molar-refractivity contribution < 1.29 is 9.59 Å². The molecule has 3 amide bonds. The Bertz CT molecular complexity index is 504. The van der Waals surface area contributed by atoms with E-state index in [1.165, 1.54) is 11.3 Å². The number of carbonyl (C=O) groups excluding carboxylic acids is 2. The van der Waals surface area contributed by atoms with E-state index in [9.17, 15) is 9.59 Å². The summed E-state index contributed by atoms with van der Waals surface area (Å²) in [6.07, 6.45) is 4.52. The molecule has 6 heteroatoms. The van der Waals surface area contributed by atoms with Gasteiger partial charge in [0.25, 0.3) is 0 Å². The molecule has 2 N–H and O–H groups in total. The average molecular weight is 337 g/mol. The molecule has 2 rings (SSSR count). The summed E-state index contributed by atoms with van der Waals surface area (Å²) in [6, 6.07) is 3.89. The summed E-state index contributed by atoms with van der Waals surface area (Å²) in [4.78, 5) is 27.3. The highest BCUT2D eigenvalue weighted by molar-refractivity contribution is 7.09. The molecule has 1 fully saturated rings. The number of nitrogens with one attached hydrogen (secondary N) is 2. The molecule has 1 aromatic rings. The van der Waals surface area contributed by atoms with E-state index in [2.05, 4.69) is 23.6 Å². The Morgan fingerprint density at radius 3 is 2.78 bits per heavy atom. The van der Waals surface area contributed by atoms with Gasteiger partial charge in [-0.15, -0.1) is 11.3 Å². The minimum atomic E-state index is -0.360. The second kappa shape index (κ2) is 9.03. The summed E-state index contributed by atoms with van der Waals surface area (Å²) in [5, 5.41) is 7.44. The normalized spacial score (nSPS) is 21.2. The summed E-state index contributed by atoms with van der Waals surface area (Å²) in [5.41, 5.74) is 0. The predicted octanol–water partition coefficient (Wildman–Crippen LogP) is 2.97. The van der Waals surface area contributed by atoms with Crippen LogP contribution >= 0.6 is 11.3 Å². The maximum atomic E-state index is 12.1. The molecule has 1 aliphatic rings. The number of rotatable bonds is 6. The fourth-order valence-electron chi connectivity index (χ4n) is 3.01. The third kappa shape index (κ3) is 5.95. The lowest BCUT2D eigenvalue weighted by Gasteiger charge is -2.29.